The van der Waals surface area contributed by atoms with Crippen LogP contribution in [0.25, 0.3) is 0 Å². The van der Waals surface area contributed by atoms with Crippen molar-refractivity contribution in [3.63, 3.8) is 0 Å². The molecule has 0 aromatic heterocycles. The molecule has 0 aliphatic rings. The summed E-state index contributed by atoms with van der Waals surface area (Å²) in [6, 6.07) is 4.55. The first-order chi connectivity index (χ1) is 13.0. The van der Waals surface area contributed by atoms with Crippen LogP contribution < -0.4 is 16.0 Å². The Morgan fingerprint density at radius 2 is 1.86 bits per heavy atom. The monoisotopic (exact) mass is 524 g/mol. The first kappa shape index (κ1) is 27.4. The second kappa shape index (κ2) is 12.2. The summed E-state index contributed by atoms with van der Waals surface area (Å²) in [7, 11) is 0. The van der Waals surface area contributed by atoms with Gasteiger partial charge in [0.1, 0.15) is 11.4 Å². The number of benzene rings is 1. The van der Waals surface area contributed by atoms with Gasteiger partial charge in [-0.25, -0.2) is 14.2 Å². The molecule has 0 bridgehead atoms. The normalized spacial score (nSPS) is 12.1. The molecule has 166 valence electrons. The van der Waals surface area contributed by atoms with E-state index in [2.05, 4.69) is 20.9 Å². The predicted molar refractivity (Wildman–Crippen MR) is 124 cm³/mol. The van der Waals surface area contributed by atoms with Crippen LogP contribution >= 0.6 is 24.0 Å². The van der Waals surface area contributed by atoms with Gasteiger partial charge in [0, 0.05) is 18.7 Å². The van der Waals surface area contributed by atoms with E-state index in [1.807, 2.05) is 41.5 Å². The molecule has 0 saturated carbocycles. The Labute approximate surface area is 189 Å². The highest BCUT2D eigenvalue weighted by Gasteiger charge is 2.24. The van der Waals surface area contributed by atoms with Gasteiger partial charge in [-0.05, 0) is 59.2 Å². The van der Waals surface area contributed by atoms with Crippen LogP contribution in [-0.4, -0.2) is 41.4 Å². The molecule has 0 spiro atoms. The summed E-state index contributed by atoms with van der Waals surface area (Å²) in [4.78, 5) is 16.5. The number of aliphatic imine (C=N–C) groups is 1. The second-order valence-corrected chi connectivity index (χ2v) is 8.14. The molecule has 0 saturated heterocycles. The van der Waals surface area contributed by atoms with Crippen molar-refractivity contribution in [1.29, 1.82) is 0 Å². The quantitative estimate of drug-likeness (QED) is 0.250. The first-order valence-corrected chi connectivity index (χ1v) is 9.37. The minimum Gasteiger partial charge on any atom is -0.444 e. The standard InChI is InChI=1S/C20H33FN4O3.HI/c1-7-22-17(23-11-14-8-9-16(21)15(10-14)12-26)24-13-20(5,6)25-18(27)28-19(2,3)4;/h8-10,26H,7,11-13H2,1-6H3,(H,25,27)(H2,22,23,24);1H. The summed E-state index contributed by atoms with van der Waals surface area (Å²) in [6.07, 6.45) is -0.482. The van der Waals surface area contributed by atoms with E-state index in [1.165, 1.54) is 6.07 Å². The number of alkyl carbamates (subject to hydrolysis) is 1. The Morgan fingerprint density at radius 1 is 1.21 bits per heavy atom. The number of amides is 1. The Morgan fingerprint density at radius 3 is 2.41 bits per heavy atom. The average molecular weight is 524 g/mol. The van der Waals surface area contributed by atoms with E-state index in [0.29, 0.717) is 25.6 Å². The van der Waals surface area contributed by atoms with Crippen molar-refractivity contribution >= 4 is 36.0 Å². The predicted octanol–water partition coefficient (Wildman–Crippen LogP) is 3.29. The third-order valence-electron chi connectivity index (χ3n) is 3.58. The van der Waals surface area contributed by atoms with Crippen molar-refractivity contribution in [2.75, 3.05) is 13.1 Å². The van der Waals surface area contributed by atoms with Crippen molar-refractivity contribution < 1.29 is 19.0 Å². The summed E-state index contributed by atoms with van der Waals surface area (Å²) < 4.78 is 18.8. The van der Waals surface area contributed by atoms with E-state index >= 15 is 0 Å². The van der Waals surface area contributed by atoms with Crippen LogP contribution in [-0.2, 0) is 17.9 Å². The lowest BCUT2D eigenvalue weighted by Crippen LogP contribution is -2.54. The molecule has 9 heteroatoms. The molecule has 0 heterocycles. The van der Waals surface area contributed by atoms with Gasteiger partial charge in [0.2, 0.25) is 0 Å². The van der Waals surface area contributed by atoms with E-state index in [4.69, 9.17) is 4.74 Å². The Hall–Kier alpha value is -1.62. The molecular weight excluding hydrogens is 490 g/mol. The number of hydrogen-bond acceptors (Lipinski definition) is 4. The van der Waals surface area contributed by atoms with E-state index < -0.39 is 23.1 Å². The molecule has 0 aliphatic carbocycles. The van der Waals surface area contributed by atoms with Crippen LogP contribution in [0.1, 0.15) is 52.7 Å². The minimum atomic E-state index is -0.571. The van der Waals surface area contributed by atoms with Gasteiger partial charge >= 0.3 is 6.09 Å². The number of nitrogens with zero attached hydrogens (tertiary/aromatic N) is 1. The molecule has 1 rings (SSSR count). The SMILES string of the molecule is CCNC(=NCc1ccc(F)c(CO)c1)NCC(C)(C)NC(=O)OC(C)(C)C.I. The highest BCUT2D eigenvalue weighted by molar-refractivity contribution is 14.0. The van der Waals surface area contributed by atoms with Crippen molar-refractivity contribution in [3.05, 3.63) is 35.1 Å². The zero-order valence-electron chi connectivity index (χ0n) is 18.1. The number of carbonyl (C=O) groups is 1. The van der Waals surface area contributed by atoms with E-state index in [9.17, 15) is 14.3 Å². The van der Waals surface area contributed by atoms with E-state index in [0.717, 1.165) is 5.56 Å². The molecule has 0 unspecified atom stereocenters. The third kappa shape index (κ3) is 11.2. The summed E-state index contributed by atoms with van der Waals surface area (Å²) in [5.74, 6) is 0.131. The number of nitrogens with one attached hydrogen (secondary N) is 3. The minimum absolute atomic E-state index is 0. The highest BCUT2D eigenvalue weighted by atomic mass is 127. The molecule has 1 aromatic carbocycles. The summed E-state index contributed by atoms with van der Waals surface area (Å²) in [5.41, 5.74) is -0.104. The Kier molecular flexibility index (Phi) is 11.5. The van der Waals surface area contributed by atoms with Gasteiger partial charge in [-0.3, -0.25) is 0 Å². The largest absolute Gasteiger partial charge is 0.444 e. The van der Waals surface area contributed by atoms with Crippen molar-refractivity contribution in [2.24, 2.45) is 4.99 Å². The molecule has 0 atom stereocenters. The summed E-state index contributed by atoms with van der Waals surface area (Å²) in [5, 5.41) is 18.3. The van der Waals surface area contributed by atoms with Gasteiger partial charge in [0.25, 0.3) is 0 Å². The fourth-order valence-electron chi connectivity index (χ4n) is 2.29. The van der Waals surface area contributed by atoms with Gasteiger partial charge in [0.15, 0.2) is 5.96 Å². The molecule has 4 N–H and O–H groups in total. The van der Waals surface area contributed by atoms with Crippen LogP contribution in [0.5, 0.6) is 0 Å². The summed E-state index contributed by atoms with van der Waals surface area (Å²) >= 11 is 0. The molecule has 1 aromatic rings. The van der Waals surface area contributed by atoms with Gasteiger partial charge in [-0.15, -0.1) is 24.0 Å². The zero-order chi connectivity index (χ0) is 21.4. The number of aliphatic hydroxyl groups excluding tert-OH is 1. The number of aliphatic hydroxyl groups is 1. The first-order valence-electron chi connectivity index (χ1n) is 9.37. The highest BCUT2D eigenvalue weighted by Crippen LogP contribution is 2.12. The Balaban J connectivity index is 0.00000784. The number of guanidine groups is 1. The number of hydrogen-bond donors (Lipinski definition) is 4. The number of carbonyl (C=O) groups excluding carboxylic acids is 1. The average Bonchev–Trinajstić information content (AvgIpc) is 2.56. The topological polar surface area (TPSA) is 95.0 Å². The van der Waals surface area contributed by atoms with Crippen LogP contribution in [0, 0.1) is 5.82 Å². The fraction of sp³-hybridized carbons (Fsp3) is 0.600. The molecule has 0 radical (unpaired) electrons. The summed E-state index contributed by atoms with van der Waals surface area (Å²) in [6.45, 7) is 12.2. The van der Waals surface area contributed by atoms with Gasteiger partial charge in [0.05, 0.1) is 18.7 Å². The lowest BCUT2D eigenvalue weighted by molar-refractivity contribution is 0.0474. The Bertz CT molecular complexity index is 691. The zero-order valence-corrected chi connectivity index (χ0v) is 20.4. The second-order valence-electron chi connectivity index (χ2n) is 8.14. The maximum atomic E-state index is 13.5. The lowest BCUT2D eigenvalue weighted by atomic mass is 10.1. The molecule has 0 aliphatic heterocycles. The van der Waals surface area contributed by atoms with E-state index in [-0.39, 0.29) is 36.1 Å². The smallest absolute Gasteiger partial charge is 0.408 e. The number of rotatable bonds is 7. The molecule has 7 nitrogen and oxygen atoms in total. The molecular formula is C20H34FIN4O3. The molecule has 29 heavy (non-hydrogen) atoms. The lowest BCUT2D eigenvalue weighted by Gasteiger charge is -2.29. The fourth-order valence-corrected chi connectivity index (χ4v) is 2.29. The number of ether oxygens (including phenoxy) is 1. The van der Waals surface area contributed by atoms with Crippen LogP contribution in [0.4, 0.5) is 9.18 Å². The van der Waals surface area contributed by atoms with E-state index in [1.54, 1.807) is 12.1 Å². The molecule has 0 fully saturated rings. The third-order valence-corrected chi connectivity index (χ3v) is 3.58. The van der Waals surface area contributed by atoms with Crippen molar-refractivity contribution in [1.82, 2.24) is 16.0 Å². The maximum Gasteiger partial charge on any atom is 0.408 e. The van der Waals surface area contributed by atoms with Crippen molar-refractivity contribution in [2.45, 2.75) is 65.8 Å². The van der Waals surface area contributed by atoms with Gasteiger partial charge in [-0.2, -0.15) is 0 Å². The molecule has 1 amide bonds. The van der Waals surface area contributed by atoms with Crippen LogP contribution in [0.15, 0.2) is 23.2 Å². The van der Waals surface area contributed by atoms with Gasteiger partial charge in [-0.1, -0.05) is 6.07 Å². The number of halogens is 2. The van der Waals surface area contributed by atoms with Crippen LogP contribution in [0.3, 0.4) is 0 Å². The van der Waals surface area contributed by atoms with Gasteiger partial charge < -0.3 is 25.8 Å². The van der Waals surface area contributed by atoms with Crippen molar-refractivity contribution in [3.8, 4) is 0 Å². The maximum absolute atomic E-state index is 13.5. The van der Waals surface area contributed by atoms with Crippen LogP contribution in [0.2, 0.25) is 0 Å².